The number of benzene rings is 1. The lowest BCUT2D eigenvalue weighted by atomic mass is 10.0. The first-order chi connectivity index (χ1) is 12.1. The molecule has 144 valence electrons. The van der Waals surface area contributed by atoms with Gasteiger partial charge in [0.05, 0.1) is 23.0 Å². The maximum Gasteiger partial charge on any atom is 0.251 e. The van der Waals surface area contributed by atoms with Crippen molar-refractivity contribution < 1.29 is 28.2 Å². The van der Waals surface area contributed by atoms with Gasteiger partial charge in [0.1, 0.15) is 0 Å². The van der Waals surface area contributed by atoms with E-state index in [4.69, 9.17) is 0 Å². The normalized spacial score (nSPS) is 18.9. The molecular formula is C17H23N2O6S-. The van der Waals surface area contributed by atoms with Crippen LogP contribution in [0.25, 0.3) is 0 Å². The number of carbonyl (C=O) groups excluding carboxylic acids is 2. The molecule has 1 aliphatic rings. The number of carbonyl (C=O) groups is 2. The van der Waals surface area contributed by atoms with Crippen molar-refractivity contribution >= 4 is 21.9 Å². The number of aliphatic hydroxyl groups is 1. The van der Waals surface area contributed by atoms with Crippen molar-refractivity contribution in [1.82, 2.24) is 9.62 Å². The molecule has 1 heterocycles. The van der Waals surface area contributed by atoms with E-state index < -0.39 is 34.0 Å². The number of amides is 1. The second-order valence-corrected chi connectivity index (χ2v) is 8.56. The molecule has 9 heteroatoms. The van der Waals surface area contributed by atoms with Gasteiger partial charge < -0.3 is 20.3 Å². The Balaban J connectivity index is 2.12. The van der Waals surface area contributed by atoms with Crippen molar-refractivity contribution in [2.45, 2.75) is 43.7 Å². The van der Waals surface area contributed by atoms with Crippen LogP contribution in [0.15, 0.2) is 29.2 Å². The number of piperidine rings is 1. The van der Waals surface area contributed by atoms with E-state index in [9.17, 15) is 28.2 Å². The number of aliphatic carboxylic acids is 1. The fourth-order valence-corrected chi connectivity index (χ4v) is 4.22. The van der Waals surface area contributed by atoms with Crippen LogP contribution in [0, 0.1) is 5.92 Å². The van der Waals surface area contributed by atoms with E-state index in [-0.39, 0.29) is 10.5 Å². The highest BCUT2D eigenvalue weighted by Gasteiger charge is 2.28. The zero-order valence-electron chi connectivity index (χ0n) is 14.7. The Morgan fingerprint density at radius 3 is 2.23 bits per heavy atom. The van der Waals surface area contributed by atoms with Gasteiger partial charge in [0.25, 0.3) is 5.91 Å². The average molecular weight is 383 g/mol. The molecule has 1 aliphatic heterocycles. The van der Waals surface area contributed by atoms with Crippen molar-refractivity contribution in [3.05, 3.63) is 29.8 Å². The molecule has 2 atom stereocenters. The van der Waals surface area contributed by atoms with Gasteiger partial charge in [-0.25, -0.2) is 8.42 Å². The maximum absolute atomic E-state index is 12.6. The molecule has 0 bridgehead atoms. The molecule has 0 aromatic heterocycles. The van der Waals surface area contributed by atoms with Gasteiger partial charge in [-0.15, -0.1) is 0 Å². The summed E-state index contributed by atoms with van der Waals surface area (Å²) < 4.78 is 26.7. The van der Waals surface area contributed by atoms with Gasteiger partial charge in [-0.2, -0.15) is 4.31 Å². The molecule has 0 unspecified atom stereocenters. The summed E-state index contributed by atoms with van der Waals surface area (Å²) in [5.74, 6) is -1.85. The molecule has 1 saturated heterocycles. The summed E-state index contributed by atoms with van der Waals surface area (Å²) in [5.41, 5.74) is 0.0862. The van der Waals surface area contributed by atoms with Crippen LogP contribution in [0.3, 0.4) is 0 Å². The molecule has 2 rings (SSSR count). The quantitative estimate of drug-likeness (QED) is 0.671. The van der Waals surface area contributed by atoms with Gasteiger partial charge in [0.2, 0.25) is 10.0 Å². The first kappa shape index (κ1) is 20.3. The molecule has 0 spiro atoms. The van der Waals surface area contributed by atoms with E-state index in [0.29, 0.717) is 19.0 Å². The van der Waals surface area contributed by atoms with E-state index in [1.54, 1.807) is 0 Å². The minimum Gasteiger partial charge on any atom is -0.548 e. The Morgan fingerprint density at radius 2 is 1.77 bits per heavy atom. The molecule has 1 fully saturated rings. The van der Waals surface area contributed by atoms with Crippen LogP contribution in [0.5, 0.6) is 0 Å². The second-order valence-electron chi connectivity index (χ2n) is 6.62. The first-order valence-electron chi connectivity index (χ1n) is 8.43. The third kappa shape index (κ3) is 4.60. The Hall–Kier alpha value is -1.97. The van der Waals surface area contributed by atoms with Gasteiger partial charge in [-0.3, -0.25) is 4.79 Å². The van der Waals surface area contributed by atoms with Crippen molar-refractivity contribution in [2.24, 2.45) is 5.92 Å². The summed E-state index contributed by atoms with van der Waals surface area (Å²) in [4.78, 5) is 23.1. The zero-order valence-corrected chi connectivity index (χ0v) is 15.5. The topological polar surface area (TPSA) is 127 Å². The molecule has 1 aromatic rings. The fourth-order valence-electron chi connectivity index (χ4n) is 2.75. The molecular weight excluding hydrogens is 360 g/mol. The monoisotopic (exact) mass is 383 g/mol. The zero-order chi connectivity index (χ0) is 19.5. The van der Waals surface area contributed by atoms with Gasteiger partial charge in [-0.1, -0.05) is 6.92 Å². The summed E-state index contributed by atoms with van der Waals surface area (Å²) >= 11 is 0. The van der Waals surface area contributed by atoms with Crippen LogP contribution < -0.4 is 10.4 Å². The number of hydrogen-bond acceptors (Lipinski definition) is 6. The standard InChI is InChI=1S/C17H24N2O6S/c1-11-7-9-19(10-8-11)26(24,25)14-5-3-13(4-6-14)16(21)18-15(12(2)20)17(22)23/h3-6,11-12,15,20H,7-10H2,1-2H3,(H,18,21)(H,22,23)/p-1/t12-,15+/m1/s1. The van der Waals surface area contributed by atoms with E-state index in [1.807, 2.05) is 0 Å². The minimum absolute atomic E-state index is 0.0792. The lowest BCUT2D eigenvalue weighted by Crippen LogP contribution is -2.53. The average Bonchev–Trinajstić information content (AvgIpc) is 2.59. The van der Waals surface area contributed by atoms with Crippen LogP contribution in [0.1, 0.15) is 37.0 Å². The van der Waals surface area contributed by atoms with Gasteiger partial charge in [0.15, 0.2) is 0 Å². The molecule has 0 aliphatic carbocycles. The number of carboxylic acid groups (broad SMARTS) is 1. The molecule has 0 radical (unpaired) electrons. The van der Waals surface area contributed by atoms with E-state index in [1.165, 1.54) is 35.5 Å². The van der Waals surface area contributed by atoms with Crippen molar-refractivity contribution in [3.63, 3.8) is 0 Å². The molecule has 1 amide bonds. The summed E-state index contributed by atoms with van der Waals surface area (Å²) in [5, 5.41) is 22.4. The Labute approximate surface area is 152 Å². The first-order valence-corrected chi connectivity index (χ1v) is 9.87. The lowest BCUT2D eigenvalue weighted by molar-refractivity contribution is -0.310. The molecule has 1 aromatic carbocycles. The second kappa shape index (κ2) is 8.15. The number of hydrogen-bond donors (Lipinski definition) is 2. The maximum atomic E-state index is 12.6. The smallest absolute Gasteiger partial charge is 0.251 e. The SMILES string of the molecule is CC1CCN(S(=O)(=O)c2ccc(C(=O)N[C@H](C(=O)[O-])[C@@H](C)O)cc2)CC1. The number of rotatable bonds is 6. The van der Waals surface area contributed by atoms with Crippen molar-refractivity contribution in [3.8, 4) is 0 Å². The molecule has 0 saturated carbocycles. The summed E-state index contributed by atoms with van der Waals surface area (Å²) in [6.45, 7) is 4.24. The largest absolute Gasteiger partial charge is 0.548 e. The third-order valence-corrected chi connectivity index (χ3v) is 6.43. The lowest BCUT2D eigenvalue weighted by Gasteiger charge is -2.29. The van der Waals surface area contributed by atoms with Gasteiger partial charge in [-0.05, 0) is 49.9 Å². The predicted octanol–water partition coefficient (Wildman–Crippen LogP) is -0.664. The Bertz CT molecular complexity index is 752. The summed E-state index contributed by atoms with van der Waals surface area (Å²) in [7, 11) is -3.62. The highest BCUT2D eigenvalue weighted by Crippen LogP contribution is 2.23. The van der Waals surface area contributed by atoms with Crippen LogP contribution >= 0.6 is 0 Å². The highest BCUT2D eigenvalue weighted by molar-refractivity contribution is 7.89. The Morgan fingerprint density at radius 1 is 1.23 bits per heavy atom. The van der Waals surface area contributed by atoms with E-state index in [0.717, 1.165) is 12.8 Å². The number of carboxylic acids is 1. The van der Waals surface area contributed by atoms with E-state index >= 15 is 0 Å². The van der Waals surface area contributed by atoms with E-state index in [2.05, 4.69) is 12.2 Å². The highest BCUT2D eigenvalue weighted by atomic mass is 32.2. The third-order valence-electron chi connectivity index (χ3n) is 4.52. The number of nitrogens with zero attached hydrogens (tertiary/aromatic N) is 1. The summed E-state index contributed by atoms with van der Waals surface area (Å²) in [6, 6.07) is 3.70. The van der Waals surface area contributed by atoms with Crippen LogP contribution in [-0.4, -0.2) is 54.9 Å². The van der Waals surface area contributed by atoms with Crippen molar-refractivity contribution in [2.75, 3.05) is 13.1 Å². The molecule has 26 heavy (non-hydrogen) atoms. The molecule has 2 N–H and O–H groups in total. The summed E-state index contributed by atoms with van der Waals surface area (Å²) in [6.07, 6.45) is 0.290. The van der Waals surface area contributed by atoms with Crippen LogP contribution in [-0.2, 0) is 14.8 Å². The van der Waals surface area contributed by atoms with Crippen molar-refractivity contribution in [1.29, 1.82) is 0 Å². The van der Waals surface area contributed by atoms with Crippen LogP contribution in [0.2, 0.25) is 0 Å². The number of nitrogens with one attached hydrogen (secondary N) is 1. The predicted molar refractivity (Wildman–Crippen MR) is 91.5 cm³/mol. The van der Waals surface area contributed by atoms with Crippen LogP contribution in [0.4, 0.5) is 0 Å². The fraction of sp³-hybridized carbons (Fsp3) is 0.529. The molecule has 8 nitrogen and oxygen atoms in total. The number of aliphatic hydroxyl groups excluding tert-OH is 1. The van der Waals surface area contributed by atoms with Gasteiger partial charge in [0, 0.05) is 18.7 Å². The Kier molecular flexibility index (Phi) is 6.38. The van der Waals surface area contributed by atoms with Gasteiger partial charge >= 0.3 is 0 Å². The minimum atomic E-state index is -3.62. The number of sulfonamides is 1.